The Balaban J connectivity index is 2.08. The molecule has 0 radical (unpaired) electrons. The highest BCUT2D eigenvalue weighted by Gasteiger charge is 2.14. The number of hydrogen-bond acceptors (Lipinski definition) is 6. The summed E-state index contributed by atoms with van der Waals surface area (Å²) >= 11 is 3.52. The van der Waals surface area contributed by atoms with Crippen LogP contribution in [-0.2, 0) is 13.6 Å². The van der Waals surface area contributed by atoms with Crippen LogP contribution in [0.1, 0.15) is 17.2 Å². The van der Waals surface area contributed by atoms with Crippen molar-refractivity contribution in [3.05, 3.63) is 27.9 Å². The van der Waals surface area contributed by atoms with E-state index in [0.29, 0.717) is 18.2 Å². The first-order chi connectivity index (χ1) is 10.0. The molecule has 0 aliphatic rings. The van der Waals surface area contributed by atoms with E-state index in [9.17, 15) is 0 Å². The number of anilines is 1. The SMILES string of the molecule is Cc1nn(Cc2nc(NN)c3cnn(C)c3n2)c(C)c1Br. The Morgan fingerprint density at radius 1 is 1.33 bits per heavy atom. The van der Waals surface area contributed by atoms with Crippen LogP contribution in [0.25, 0.3) is 11.0 Å². The fourth-order valence-electron chi connectivity index (χ4n) is 2.21. The lowest BCUT2D eigenvalue weighted by Gasteiger charge is -2.07. The summed E-state index contributed by atoms with van der Waals surface area (Å²) in [6, 6.07) is 0. The van der Waals surface area contributed by atoms with Crippen molar-refractivity contribution in [2.24, 2.45) is 12.9 Å². The lowest BCUT2D eigenvalue weighted by Crippen LogP contribution is -2.14. The van der Waals surface area contributed by atoms with Crippen molar-refractivity contribution >= 4 is 32.8 Å². The lowest BCUT2D eigenvalue weighted by molar-refractivity contribution is 0.632. The Bertz CT molecular complexity index is 818. The highest BCUT2D eigenvalue weighted by Crippen LogP contribution is 2.22. The Kier molecular flexibility index (Phi) is 3.38. The minimum absolute atomic E-state index is 0.466. The summed E-state index contributed by atoms with van der Waals surface area (Å²) in [5.74, 6) is 6.72. The Morgan fingerprint density at radius 3 is 2.71 bits per heavy atom. The van der Waals surface area contributed by atoms with Crippen LogP contribution in [0.15, 0.2) is 10.7 Å². The molecular weight excluding hydrogens is 336 g/mol. The number of nitrogens with one attached hydrogen (secondary N) is 1. The normalized spacial score (nSPS) is 11.3. The molecule has 0 atom stereocenters. The summed E-state index contributed by atoms with van der Waals surface area (Å²) in [5, 5.41) is 9.43. The van der Waals surface area contributed by atoms with Gasteiger partial charge in [-0.2, -0.15) is 10.2 Å². The number of hydrazine groups is 1. The Hall–Kier alpha value is -2.00. The van der Waals surface area contributed by atoms with Crippen molar-refractivity contribution in [2.75, 3.05) is 5.43 Å². The molecule has 3 rings (SSSR count). The smallest absolute Gasteiger partial charge is 0.163 e. The molecule has 3 aromatic heterocycles. The third kappa shape index (κ3) is 2.28. The number of aromatic nitrogens is 6. The third-order valence-electron chi connectivity index (χ3n) is 3.36. The van der Waals surface area contributed by atoms with Gasteiger partial charge < -0.3 is 5.43 Å². The highest BCUT2D eigenvalue weighted by molar-refractivity contribution is 9.10. The van der Waals surface area contributed by atoms with Gasteiger partial charge in [0.2, 0.25) is 0 Å². The van der Waals surface area contributed by atoms with E-state index in [-0.39, 0.29) is 0 Å². The van der Waals surface area contributed by atoms with Crippen molar-refractivity contribution in [1.82, 2.24) is 29.5 Å². The maximum atomic E-state index is 5.54. The second kappa shape index (κ2) is 5.08. The zero-order valence-electron chi connectivity index (χ0n) is 11.9. The van der Waals surface area contributed by atoms with E-state index < -0.39 is 0 Å². The van der Waals surface area contributed by atoms with Crippen molar-refractivity contribution < 1.29 is 0 Å². The third-order valence-corrected chi connectivity index (χ3v) is 4.51. The summed E-state index contributed by atoms with van der Waals surface area (Å²) in [6.45, 7) is 4.41. The van der Waals surface area contributed by atoms with Gasteiger partial charge in [-0.15, -0.1) is 0 Å². The molecule has 3 aromatic rings. The van der Waals surface area contributed by atoms with E-state index >= 15 is 0 Å². The second-order valence-electron chi connectivity index (χ2n) is 4.78. The number of halogens is 1. The van der Waals surface area contributed by atoms with E-state index in [1.807, 2.05) is 25.6 Å². The average Bonchev–Trinajstić information content (AvgIpc) is 2.95. The van der Waals surface area contributed by atoms with Gasteiger partial charge in [-0.3, -0.25) is 9.36 Å². The molecule has 0 spiro atoms. The van der Waals surface area contributed by atoms with Crippen molar-refractivity contribution in [3.8, 4) is 0 Å². The summed E-state index contributed by atoms with van der Waals surface area (Å²) in [5.41, 5.74) is 5.29. The molecule has 3 N–H and O–H groups in total. The first kappa shape index (κ1) is 14.0. The molecule has 0 aliphatic carbocycles. The summed E-state index contributed by atoms with van der Waals surface area (Å²) < 4.78 is 4.55. The molecule has 0 fully saturated rings. The van der Waals surface area contributed by atoms with Crippen LogP contribution in [0.3, 0.4) is 0 Å². The fourth-order valence-corrected chi connectivity index (χ4v) is 2.49. The summed E-state index contributed by atoms with van der Waals surface area (Å²) in [6.07, 6.45) is 1.69. The predicted molar refractivity (Wildman–Crippen MR) is 82.6 cm³/mol. The van der Waals surface area contributed by atoms with Crippen LogP contribution in [0, 0.1) is 13.8 Å². The molecule has 110 valence electrons. The number of nitrogens with two attached hydrogens (primary N) is 1. The van der Waals surface area contributed by atoms with Crippen molar-refractivity contribution in [3.63, 3.8) is 0 Å². The summed E-state index contributed by atoms with van der Waals surface area (Å²) in [7, 11) is 1.83. The molecule has 9 heteroatoms. The zero-order valence-corrected chi connectivity index (χ0v) is 13.5. The molecule has 0 aliphatic heterocycles. The zero-order chi connectivity index (χ0) is 15.1. The van der Waals surface area contributed by atoms with Crippen LogP contribution in [0.4, 0.5) is 5.82 Å². The van der Waals surface area contributed by atoms with Crippen LogP contribution in [-0.4, -0.2) is 29.5 Å². The van der Waals surface area contributed by atoms with E-state index in [2.05, 4.69) is 41.5 Å². The molecule has 8 nitrogen and oxygen atoms in total. The quantitative estimate of drug-likeness (QED) is 0.545. The largest absolute Gasteiger partial charge is 0.308 e. The van der Waals surface area contributed by atoms with E-state index in [1.54, 1.807) is 10.9 Å². The first-order valence-electron chi connectivity index (χ1n) is 6.36. The predicted octanol–water partition coefficient (Wildman–Crippen LogP) is 1.27. The molecular formula is C12H15BrN8. The van der Waals surface area contributed by atoms with Crippen LogP contribution in [0.5, 0.6) is 0 Å². The van der Waals surface area contributed by atoms with Crippen LogP contribution in [0.2, 0.25) is 0 Å². The molecule has 3 heterocycles. The van der Waals surface area contributed by atoms with Crippen LogP contribution < -0.4 is 11.3 Å². The maximum Gasteiger partial charge on any atom is 0.163 e. The monoisotopic (exact) mass is 350 g/mol. The van der Waals surface area contributed by atoms with Crippen molar-refractivity contribution in [1.29, 1.82) is 0 Å². The number of nitrogen functional groups attached to an aromatic ring is 1. The van der Waals surface area contributed by atoms with Gasteiger partial charge in [0.1, 0.15) is 6.54 Å². The number of aryl methyl sites for hydroxylation is 2. The molecule has 0 amide bonds. The lowest BCUT2D eigenvalue weighted by atomic mass is 10.3. The van der Waals surface area contributed by atoms with Gasteiger partial charge in [-0.25, -0.2) is 15.8 Å². The average molecular weight is 351 g/mol. The minimum atomic E-state index is 0.466. The fraction of sp³-hybridized carbons (Fsp3) is 0.333. The number of nitrogens with zero attached hydrogens (tertiary/aromatic N) is 6. The molecule has 0 saturated carbocycles. The van der Waals surface area contributed by atoms with E-state index in [0.717, 1.165) is 26.9 Å². The number of rotatable bonds is 3. The maximum absolute atomic E-state index is 5.54. The Labute approximate surface area is 129 Å². The Morgan fingerprint density at radius 2 is 2.10 bits per heavy atom. The number of hydrogen-bond donors (Lipinski definition) is 2. The minimum Gasteiger partial charge on any atom is -0.308 e. The summed E-state index contributed by atoms with van der Waals surface area (Å²) in [4.78, 5) is 8.97. The molecule has 0 bridgehead atoms. The topological polar surface area (TPSA) is 99.5 Å². The molecule has 0 aromatic carbocycles. The van der Waals surface area contributed by atoms with E-state index in [4.69, 9.17) is 5.84 Å². The molecule has 21 heavy (non-hydrogen) atoms. The molecule has 0 unspecified atom stereocenters. The number of fused-ring (bicyclic) bond motifs is 1. The van der Waals surface area contributed by atoms with Gasteiger partial charge in [0.15, 0.2) is 17.3 Å². The van der Waals surface area contributed by atoms with Crippen molar-refractivity contribution in [2.45, 2.75) is 20.4 Å². The highest BCUT2D eigenvalue weighted by atomic mass is 79.9. The molecule has 0 saturated heterocycles. The van der Waals surface area contributed by atoms with E-state index in [1.165, 1.54) is 0 Å². The first-order valence-corrected chi connectivity index (χ1v) is 7.15. The van der Waals surface area contributed by atoms with Gasteiger partial charge in [0.25, 0.3) is 0 Å². The van der Waals surface area contributed by atoms with Gasteiger partial charge in [-0.1, -0.05) is 0 Å². The van der Waals surface area contributed by atoms with Gasteiger partial charge in [0, 0.05) is 7.05 Å². The second-order valence-corrected chi connectivity index (χ2v) is 5.57. The van der Waals surface area contributed by atoms with Gasteiger partial charge in [0.05, 0.1) is 27.4 Å². The van der Waals surface area contributed by atoms with Crippen LogP contribution >= 0.6 is 15.9 Å². The standard InChI is InChI=1S/C12H15BrN8/c1-6-10(13)7(2)21(19-6)5-9-16-11(18-14)8-4-15-20(3)12(8)17-9/h4H,5,14H2,1-3H3,(H,16,17,18). The van der Waals surface area contributed by atoms with Gasteiger partial charge >= 0.3 is 0 Å². The van der Waals surface area contributed by atoms with Gasteiger partial charge in [-0.05, 0) is 29.8 Å².